The standard InChI is InChI=1S/C19H26BrNO4/c20-16-8-6-9-17(14-16)24-13-7-10-19(23)25-15-18(22)21-11-4-2-1-3-5-12-21/h6,8-9,14H,1-5,7,10-13,15H2. The van der Waals surface area contributed by atoms with Crippen LogP contribution in [-0.2, 0) is 14.3 Å². The minimum Gasteiger partial charge on any atom is -0.494 e. The summed E-state index contributed by atoms with van der Waals surface area (Å²) >= 11 is 3.38. The summed E-state index contributed by atoms with van der Waals surface area (Å²) in [6, 6.07) is 7.56. The van der Waals surface area contributed by atoms with Crippen molar-refractivity contribution in [1.82, 2.24) is 4.90 Å². The lowest BCUT2D eigenvalue weighted by Gasteiger charge is -2.24. The van der Waals surface area contributed by atoms with E-state index in [1.165, 1.54) is 19.3 Å². The Kier molecular flexibility index (Phi) is 8.80. The smallest absolute Gasteiger partial charge is 0.306 e. The number of nitrogens with zero attached hydrogens (tertiary/aromatic N) is 1. The van der Waals surface area contributed by atoms with Crippen molar-refractivity contribution in [3.05, 3.63) is 28.7 Å². The number of carbonyl (C=O) groups is 2. The maximum absolute atomic E-state index is 12.1. The average Bonchev–Trinajstić information content (AvgIpc) is 2.56. The molecule has 0 aliphatic carbocycles. The lowest BCUT2D eigenvalue weighted by Crippen LogP contribution is -2.36. The third-order valence-corrected chi connectivity index (χ3v) is 4.65. The molecule has 25 heavy (non-hydrogen) atoms. The highest BCUT2D eigenvalue weighted by atomic mass is 79.9. The molecule has 1 heterocycles. The molecule has 1 aromatic carbocycles. The molecule has 0 atom stereocenters. The molecule has 1 amide bonds. The van der Waals surface area contributed by atoms with Gasteiger partial charge in [0.1, 0.15) is 5.75 Å². The van der Waals surface area contributed by atoms with Crippen LogP contribution in [0, 0.1) is 0 Å². The van der Waals surface area contributed by atoms with E-state index in [2.05, 4.69) is 15.9 Å². The highest BCUT2D eigenvalue weighted by Crippen LogP contribution is 2.18. The van der Waals surface area contributed by atoms with Crippen LogP contribution in [0.4, 0.5) is 0 Å². The first-order chi connectivity index (χ1) is 12.1. The number of hydrogen-bond acceptors (Lipinski definition) is 4. The number of benzene rings is 1. The minimum absolute atomic E-state index is 0.0827. The van der Waals surface area contributed by atoms with Gasteiger partial charge in [-0.2, -0.15) is 0 Å². The van der Waals surface area contributed by atoms with Crippen LogP contribution in [0.2, 0.25) is 0 Å². The van der Waals surface area contributed by atoms with Gasteiger partial charge in [0.15, 0.2) is 6.61 Å². The Morgan fingerprint density at radius 1 is 1.08 bits per heavy atom. The first-order valence-electron chi connectivity index (χ1n) is 8.97. The van der Waals surface area contributed by atoms with Crippen LogP contribution in [0.3, 0.4) is 0 Å². The molecule has 5 nitrogen and oxygen atoms in total. The van der Waals surface area contributed by atoms with E-state index in [4.69, 9.17) is 9.47 Å². The SMILES string of the molecule is O=C(CCCOc1cccc(Br)c1)OCC(=O)N1CCCCCCC1. The summed E-state index contributed by atoms with van der Waals surface area (Å²) in [6.07, 6.45) is 6.46. The van der Waals surface area contributed by atoms with E-state index >= 15 is 0 Å². The Balaban J connectivity index is 1.59. The van der Waals surface area contributed by atoms with Gasteiger partial charge in [-0.25, -0.2) is 0 Å². The van der Waals surface area contributed by atoms with Gasteiger partial charge in [-0.15, -0.1) is 0 Å². The maximum Gasteiger partial charge on any atom is 0.306 e. The number of carbonyl (C=O) groups excluding carboxylic acids is 2. The van der Waals surface area contributed by atoms with E-state index in [0.717, 1.165) is 36.2 Å². The molecule has 1 saturated heterocycles. The fraction of sp³-hybridized carbons (Fsp3) is 0.579. The zero-order valence-corrected chi connectivity index (χ0v) is 16.1. The summed E-state index contributed by atoms with van der Waals surface area (Å²) < 4.78 is 11.6. The molecule has 0 aromatic heterocycles. The summed E-state index contributed by atoms with van der Waals surface area (Å²) in [5.74, 6) is 0.328. The molecule has 138 valence electrons. The molecule has 6 heteroatoms. The van der Waals surface area contributed by atoms with Crippen LogP contribution in [0.15, 0.2) is 28.7 Å². The predicted molar refractivity (Wildman–Crippen MR) is 99.5 cm³/mol. The van der Waals surface area contributed by atoms with Crippen LogP contribution < -0.4 is 4.74 Å². The lowest BCUT2D eigenvalue weighted by molar-refractivity contribution is -0.152. The summed E-state index contributed by atoms with van der Waals surface area (Å²) in [5, 5.41) is 0. The molecule has 0 N–H and O–H groups in total. The number of ether oxygens (including phenoxy) is 2. The Morgan fingerprint density at radius 2 is 1.80 bits per heavy atom. The van der Waals surface area contributed by atoms with Crippen molar-refractivity contribution < 1.29 is 19.1 Å². The number of amides is 1. The second-order valence-corrected chi connectivity index (χ2v) is 7.13. The normalized spacial score (nSPS) is 15.2. The van der Waals surface area contributed by atoms with Gasteiger partial charge in [-0.05, 0) is 37.5 Å². The second kappa shape index (κ2) is 11.1. The summed E-state index contributed by atoms with van der Waals surface area (Å²) in [6.45, 7) is 1.84. The Hall–Kier alpha value is -1.56. The van der Waals surface area contributed by atoms with Gasteiger partial charge >= 0.3 is 5.97 Å². The molecular formula is C19H26BrNO4. The van der Waals surface area contributed by atoms with E-state index in [1.54, 1.807) is 0 Å². The number of likely N-dealkylation sites (tertiary alicyclic amines) is 1. The monoisotopic (exact) mass is 411 g/mol. The van der Waals surface area contributed by atoms with Crippen molar-refractivity contribution in [3.63, 3.8) is 0 Å². The first-order valence-corrected chi connectivity index (χ1v) is 9.76. The number of hydrogen-bond donors (Lipinski definition) is 0. The zero-order valence-electron chi connectivity index (χ0n) is 14.5. The molecule has 0 saturated carbocycles. The molecule has 0 spiro atoms. The van der Waals surface area contributed by atoms with Gasteiger partial charge < -0.3 is 14.4 Å². The fourth-order valence-corrected chi connectivity index (χ4v) is 3.14. The quantitative estimate of drug-likeness (QED) is 0.503. The van der Waals surface area contributed by atoms with Crippen LogP contribution in [0.25, 0.3) is 0 Å². The molecule has 1 aromatic rings. The van der Waals surface area contributed by atoms with Gasteiger partial charge in [0.05, 0.1) is 6.61 Å². The van der Waals surface area contributed by atoms with Crippen molar-refractivity contribution in [1.29, 1.82) is 0 Å². The van der Waals surface area contributed by atoms with E-state index in [1.807, 2.05) is 29.2 Å². The number of esters is 1. The topological polar surface area (TPSA) is 55.8 Å². The van der Waals surface area contributed by atoms with Crippen molar-refractivity contribution in [2.45, 2.75) is 44.9 Å². The van der Waals surface area contributed by atoms with Gasteiger partial charge in [0.2, 0.25) is 0 Å². The van der Waals surface area contributed by atoms with Gasteiger partial charge in [-0.3, -0.25) is 9.59 Å². The highest BCUT2D eigenvalue weighted by molar-refractivity contribution is 9.10. The van der Waals surface area contributed by atoms with Gasteiger partial charge in [0.25, 0.3) is 5.91 Å². The fourth-order valence-electron chi connectivity index (χ4n) is 2.77. The summed E-state index contributed by atoms with van der Waals surface area (Å²) in [7, 11) is 0. The van der Waals surface area contributed by atoms with E-state index < -0.39 is 0 Å². The first kappa shape index (κ1) is 19.8. The Morgan fingerprint density at radius 3 is 2.52 bits per heavy atom. The highest BCUT2D eigenvalue weighted by Gasteiger charge is 2.16. The molecule has 0 bridgehead atoms. The third kappa shape index (κ3) is 7.90. The largest absolute Gasteiger partial charge is 0.494 e. The molecule has 2 rings (SSSR count). The molecule has 1 fully saturated rings. The molecule has 0 unspecified atom stereocenters. The van der Waals surface area contributed by atoms with E-state index in [9.17, 15) is 9.59 Å². The van der Waals surface area contributed by atoms with Crippen molar-refractivity contribution in [2.75, 3.05) is 26.3 Å². The zero-order chi connectivity index (χ0) is 17.9. The lowest BCUT2D eigenvalue weighted by atomic mass is 10.1. The van der Waals surface area contributed by atoms with Crippen molar-refractivity contribution in [3.8, 4) is 5.75 Å². The molecule has 0 radical (unpaired) electrons. The molecular weight excluding hydrogens is 386 g/mol. The predicted octanol–water partition coefficient (Wildman–Crippen LogP) is 3.94. The van der Waals surface area contributed by atoms with Crippen LogP contribution in [0.5, 0.6) is 5.75 Å². The Labute approximate surface area is 157 Å². The summed E-state index contributed by atoms with van der Waals surface area (Å²) in [4.78, 5) is 25.7. The number of halogens is 1. The van der Waals surface area contributed by atoms with Crippen LogP contribution in [0.1, 0.15) is 44.9 Å². The maximum atomic E-state index is 12.1. The average molecular weight is 412 g/mol. The van der Waals surface area contributed by atoms with E-state index in [-0.39, 0.29) is 24.9 Å². The van der Waals surface area contributed by atoms with Crippen molar-refractivity contribution >= 4 is 27.8 Å². The van der Waals surface area contributed by atoms with Crippen LogP contribution in [-0.4, -0.2) is 43.1 Å². The molecule has 1 aliphatic rings. The summed E-state index contributed by atoms with van der Waals surface area (Å²) in [5.41, 5.74) is 0. The minimum atomic E-state index is -0.349. The second-order valence-electron chi connectivity index (χ2n) is 6.22. The third-order valence-electron chi connectivity index (χ3n) is 4.16. The van der Waals surface area contributed by atoms with Crippen molar-refractivity contribution in [2.24, 2.45) is 0 Å². The number of rotatable bonds is 7. The van der Waals surface area contributed by atoms with Crippen LogP contribution >= 0.6 is 15.9 Å². The van der Waals surface area contributed by atoms with Gasteiger partial charge in [0, 0.05) is 24.0 Å². The van der Waals surface area contributed by atoms with Gasteiger partial charge in [-0.1, -0.05) is 41.3 Å². The molecule has 1 aliphatic heterocycles. The Bertz CT molecular complexity index is 556. The van der Waals surface area contributed by atoms with E-state index in [0.29, 0.717) is 13.0 Å².